The van der Waals surface area contributed by atoms with E-state index in [9.17, 15) is 4.79 Å². The number of rotatable bonds is 2. The molecule has 3 heteroatoms. The molecule has 0 saturated carbocycles. The molecular weight excluding hydrogens is 140 g/mol. The van der Waals surface area contributed by atoms with Gasteiger partial charge in [-0.25, -0.2) is 0 Å². The Labute approximate surface area is 60.1 Å². The van der Waals surface area contributed by atoms with E-state index in [0.717, 1.165) is 19.6 Å². The van der Waals surface area contributed by atoms with Gasteiger partial charge < -0.3 is 4.74 Å². The Morgan fingerprint density at radius 1 is 1.67 bits per heavy atom. The maximum atomic E-state index is 9.81. The molecule has 1 aliphatic heterocycles. The quantitative estimate of drug-likeness (QED) is 0.442. The first-order valence-corrected chi connectivity index (χ1v) is 3.41. The van der Waals surface area contributed by atoms with Gasteiger partial charge in [-0.05, 0) is 18.0 Å². The summed E-state index contributed by atoms with van der Waals surface area (Å²) in [4.78, 5) is 9.81. The lowest BCUT2D eigenvalue weighted by molar-refractivity contribution is -0.111. The predicted molar refractivity (Wildman–Crippen MR) is 36.6 cm³/mol. The minimum atomic E-state index is -0.238. The van der Waals surface area contributed by atoms with Gasteiger partial charge in [-0.1, -0.05) is 6.92 Å². The van der Waals surface area contributed by atoms with Crippen molar-refractivity contribution in [2.45, 2.75) is 19.8 Å². The molecule has 0 aromatic heterocycles. The number of ether oxygens (including phenoxy) is 1. The molecule has 0 atom stereocenters. The third-order valence-electron chi connectivity index (χ3n) is 0.651. The highest BCUT2D eigenvalue weighted by Crippen LogP contribution is 1.90. The van der Waals surface area contributed by atoms with Gasteiger partial charge in [0.2, 0.25) is 5.24 Å². The van der Waals surface area contributed by atoms with Crippen LogP contribution in [0.5, 0.6) is 0 Å². The van der Waals surface area contributed by atoms with E-state index in [0.29, 0.717) is 6.42 Å². The second-order valence-electron chi connectivity index (χ2n) is 1.72. The number of carbonyl (C=O) groups is 1. The molecule has 0 aliphatic carbocycles. The van der Waals surface area contributed by atoms with Gasteiger partial charge in [0, 0.05) is 6.42 Å². The molecule has 0 aromatic rings. The predicted octanol–water partition coefficient (Wildman–Crippen LogP) is 1.57. The van der Waals surface area contributed by atoms with Crippen LogP contribution < -0.4 is 0 Å². The standard InChI is InChI=1S/C4H7ClO.C2H4O/c1-2-3-4(5)6;1-2-3-1/h2-3H2,1H3;1-2H2. The summed E-state index contributed by atoms with van der Waals surface area (Å²) < 4.78 is 4.50. The van der Waals surface area contributed by atoms with E-state index in [2.05, 4.69) is 4.74 Å². The molecular formula is C6H11ClO2. The lowest BCUT2D eigenvalue weighted by atomic mass is 10.4. The average Bonchev–Trinajstić information content (AvgIpc) is 2.45. The summed E-state index contributed by atoms with van der Waals surface area (Å²) >= 11 is 4.94. The van der Waals surface area contributed by atoms with Crippen molar-refractivity contribution in [1.82, 2.24) is 0 Å². The molecule has 1 fully saturated rings. The van der Waals surface area contributed by atoms with Crippen molar-refractivity contribution in [1.29, 1.82) is 0 Å². The fourth-order valence-electron chi connectivity index (χ4n) is 0.197. The van der Waals surface area contributed by atoms with Gasteiger partial charge in [-0.2, -0.15) is 0 Å². The van der Waals surface area contributed by atoms with Crippen LogP contribution in [0.2, 0.25) is 0 Å². The Morgan fingerprint density at radius 3 is 2.11 bits per heavy atom. The Hall–Kier alpha value is -0.0800. The summed E-state index contributed by atoms with van der Waals surface area (Å²) in [5, 5.41) is -0.238. The van der Waals surface area contributed by atoms with E-state index in [1.165, 1.54) is 0 Å². The Kier molecular flexibility index (Phi) is 5.99. The lowest BCUT2D eigenvalue weighted by Crippen LogP contribution is -1.79. The van der Waals surface area contributed by atoms with Gasteiger partial charge in [-0.15, -0.1) is 0 Å². The number of epoxide rings is 1. The van der Waals surface area contributed by atoms with Crippen LogP contribution in [0, 0.1) is 0 Å². The molecule has 1 aliphatic rings. The average molecular weight is 151 g/mol. The first-order chi connectivity index (χ1) is 4.27. The highest BCUT2D eigenvalue weighted by Gasteiger charge is 1.94. The maximum Gasteiger partial charge on any atom is 0.221 e. The first kappa shape index (κ1) is 8.92. The second-order valence-corrected chi connectivity index (χ2v) is 2.14. The number of hydrogen-bond donors (Lipinski definition) is 0. The van der Waals surface area contributed by atoms with E-state index in [1.54, 1.807) is 0 Å². The molecule has 2 nitrogen and oxygen atoms in total. The summed E-state index contributed by atoms with van der Waals surface area (Å²) in [5.41, 5.74) is 0. The number of halogens is 1. The second kappa shape index (κ2) is 6.05. The van der Waals surface area contributed by atoms with Crippen molar-refractivity contribution >= 4 is 16.8 Å². The van der Waals surface area contributed by atoms with Crippen molar-refractivity contribution in [2.24, 2.45) is 0 Å². The van der Waals surface area contributed by atoms with Crippen molar-refractivity contribution < 1.29 is 9.53 Å². The van der Waals surface area contributed by atoms with Crippen LogP contribution in [-0.4, -0.2) is 18.5 Å². The molecule has 1 heterocycles. The summed E-state index contributed by atoms with van der Waals surface area (Å²) in [7, 11) is 0. The van der Waals surface area contributed by atoms with Crippen molar-refractivity contribution in [2.75, 3.05) is 13.2 Å². The van der Waals surface area contributed by atoms with Crippen molar-refractivity contribution in [3.8, 4) is 0 Å². The van der Waals surface area contributed by atoms with Crippen LogP contribution in [0.25, 0.3) is 0 Å². The van der Waals surface area contributed by atoms with Crippen LogP contribution in [0.3, 0.4) is 0 Å². The highest BCUT2D eigenvalue weighted by atomic mass is 35.5. The third kappa shape index (κ3) is 18.1. The minimum Gasteiger partial charge on any atom is -0.377 e. The topological polar surface area (TPSA) is 29.6 Å². The molecule has 0 radical (unpaired) electrons. The van der Waals surface area contributed by atoms with Gasteiger partial charge >= 0.3 is 0 Å². The van der Waals surface area contributed by atoms with Crippen LogP contribution >= 0.6 is 11.6 Å². The Balaban J connectivity index is 0.000000173. The molecule has 0 bridgehead atoms. The zero-order valence-corrected chi connectivity index (χ0v) is 6.28. The van der Waals surface area contributed by atoms with Crippen LogP contribution in [-0.2, 0) is 9.53 Å². The molecule has 0 aromatic carbocycles. The summed E-state index contributed by atoms with van der Waals surface area (Å²) in [6.45, 7) is 3.92. The molecule has 0 unspecified atom stereocenters. The molecule has 1 rings (SSSR count). The van der Waals surface area contributed by atoms with Crippen molar-refractivity contribution in [3.63, 3.8) is 0 Å². The van der Waals surface area contributed by atoms with Gasteiger partial charge in [0.1, 0.15) is 0 Å². The molecule has 1 saturated heterocycles. The van der Waals surface area contributed by atoms with E-state index >= 15 is 0 Å². The monoisotopic (exact) mass is 150 g/mol. The largest absolute Gasteiger partial charge is 0.377 e. The lowest BCUT2D eigenvalue weighted by Gasteiger charge is -1.77. The minimum absolute atomic E-state index is 0.238. The normalized spacial score (nSPS) is 13.6. The maximum absolute atomic E-state index is 9.81. The fourth-order valence-corrected chi connectivity index (χ4v) is 0.386. The zero-order chi connectivity index (χ0) is 7.11. The van der Waals surface area contributed by atoms with E-state index < -0.39 is 0 Å². The number of carbonyl (C=O) groups excluding carboxylic acids is 1. The molecule has 0 spiro atoms. The van der Waals surface area contributed by atoms with Gasteiger partial charge in [0.05, 0.1) is 13.2 Å². The van der Waals surface area contributed by atoms with Gasteiger partial charge in [0.25, 0.3) is 0 Å². The molecule has 0 amide bonds. The van der Waals surface area contributed by atoms with Gasteiger partial charge in [-0.3, -0.25) is 4.79 Å². The van der Waals surface area contributed by atoms with Crippen LogP contribution in [0.15, 0.2) is 0 Å². The number of hydrogen-bond acceptors (Lipinski definition) is 2. The molecule has 54 valence electrons. The SMILES string of the molecule is C1CO1.CCCC(=O)Cl. The van der Waals surface area contributed by atoms with E-state index in [1.807, 2.05) is 6.92 Å². The smallest absolute Gasteiger partial charge is 0.221 e. The fraction of sp³-hybridized carbons (Fsp3) is 0.833. The zero-order valence-electron chi connectivity index (χ0n) is 5.52. The summed E-state index contributed by atoms with van der Waals surface area (Å²) in [5.74, 6) is 0. The van der Waals surface area contributed by atoms with E-state index in [-0.39, 0.29) is 5.24 Å². The third-order valence-corrected chi connectivity index (χ3v) is 0.840. The molecule has 9 heavy (non-hydrogen) atoms. The van der Waals surface area contributed by atoms with Crippen molar-refractivity contribution in [3.05, 3.63) is 0 Å². The first-order valence-electron chi connectivity index (χ1n) is 3.03. The Bertz CT molecular complexity index is 78.4. The van der Waals surface area contributed by atoms with Crippen LogP contribution in [0.1, 0.15) is 19.8 Å². The Morgan fingerprint density at radius 2 is 2.11 bits per heavy atom. The van der Waals surface area contributed by atoms with Gasteiger partial charge in [0.15, 0.2) is 0 Å². The van der Waals surface area contributed by atoms with Crippen LogP contribution in [0.4, 0.5) is 0 Å². The highest BCUT2D eigenvalue weighted by molar-refractivity contribution is 6.63. The molecule has 0 N–H and O–H groups in total. The van der Waals surface area contributed by atoms with E-state index in [4.69, 9.17) is 11.6 Å². The summed E-state index contributed by atoms with van der Waals surface area (Å²) in [6.07, 6.45) is 1.35. The summed E-state index contributed by atoms with van der Waals surface area (Å²) in [6, 6.07) is 0.